The van der Waals surface area contributed by atoms with E-state index in [1.165, 1.54) is 37.4 Å². The molecule has 10 nitrogen and oxygen atoms in total. The van der Waals surface area contributed by atoms with Crippen LogP contribution < -0.4 is 15.4 Å². The smallest absolute Gasteiger partial charge is 0.352 e. The van der Waals surface area contributed by atoms with E-state index in [4.69, 9.17) is 4.98 Å². The Balaban J connectivity index is 1.66. The van der Waals surface area contributed by atoms with Crippen molar-refractivity contribution in [2.75, 3.05) is 42.5 Å². The summed E-state index contributed by atoms with van der Waals surface area (Å²) >= 11 is 0. The van der Waals surface area contributed by atoms with E-state index in [1.807, 2.05) is 9.80 Å². The third-order valence-electron chi connectivity index (χ3n) is 7.08. The van der Waals surface area contributed by atoms with Crippen LogP contribution in [0.1, 0.15) is 24.0 Å². The molecular weight excluding hydrogens is 513 g/mol. The molecule has 2 fully saturated rings. The maximum Gasteiger partial charge on any atom is 0.418 e. The molecule has 202 valence electrons. The zero-order valence-electron chi connectivity index (χ0n) is 21.1. The fraction of sp³-hybridized carbons (Fsp3) is 0.385. The van der Waals surface area contributed by atoms with Crippen molar-refractivity contribution in [1.29, 1.82) is 5.26 Å². The van der Waals surface area contributed by atoms with Crippen molar-refractivity contribution < 1.29 is 18.0 Å². The van der Waals surface area contributed by atoms with E-state index in [9.17, 15) is 28.0 Å². The Hall–Kier alpha value is -4.47. The van der Waals surface area contributed by atoms with Gasteiger partial charge in [0.1, 0.15) is 11.3 Å². The number of hydrogen-bond donors (Lipinski definition) is 0. The van der Waals surface area contributed by atoms with Crippen molar-refractivity contribution in [3.63, 3.8) is 0 Å². The molecule has 1 atom stereocenters. The van der Waals surface area contributed by atoms with Gasteiger partial charge in [-0.25, -0.2) is 4.98 Å². The number of carbonyl (C=O) groups is 1. The lowest BCUT2D eigenvalue weighted by Gasteiger charge is -2.41. The molecule has 2 aliphatic rings. The first-order chi connectivity index (χ1) is 18.6. The van der Waals surface area contributed by atoms with Gasteiger partial charge in [0.25, 0.3) is 5.56 Å². The highest BCUT2D eigenvalue weighted by molar-refractivity contribution is 5.90. The second-order valence-electron chi connectivity index (χ2n) is 9.48. The minimum atomic E-state index is -4.70. The summed E-state index contributed by atoms with van der Waals surface area (Å²) in [6, 6.07) is 5.64. The van der Waals surface area contributed by atoms with Crippen LogP contribution in [0.3, 0.4) is 0 Å². The minimum absolute atomic E-state index is 0.0334. The topological polar surface area (TPSA) is 111 Å². The summed E-state index contributed by atoms with van der Waals surface area (Å²) in [6.45, 7) is 7.13. The first kappa shape index (κ1) is 26.1. The maximum atomic E-state index is 13.9. The summed E-state index contributed by atoms with van der Waals surface area (Å²) in [4.78, 5) is 40.5. The van der Waals surface area contributed by atoms with E-state index in [-0.39, 0.29) is 41.0 Å². The first-order valence-corrected chi connectivity index (χ1v) is 12.4. The Morgan fingerprint density at radius 1 is 1.21 bits per heavy atom. The number of rotatable bonds is 5. The van der Waals surface area contributed by atoms with Crippen molar-refractivity contribution in [3.05, 3.63) is 58.5 Å². The van der Waals surface area contributed by atoms with Gasteiger partial charge in [0, 0.05) is 32.7 Å². The highest BCUT2D eigenvalue weighted by Crippen LogP contribution is 2.36. The molecule has 1 aromatic carbocycles. The molecule has 0 aliphatic carbocycles. The summed E-state index contributed by atoms with van der Waals surface area (Å²) < 4.78 is 42.6. The van der Waals surface area contributed by atoms with Gasteiger partial charge in [-0.3, -0.25) is 9.59 Å². The van der Waals surface area contributed by atoms with Crippen molar-refractivity contribution in [2.24, 2.45) is 0 Å². The summed E-state index contributed by atoms with van der Waals surface area (Å²) in [5.74, 6) is 0.389. The number of carbonyl (C=O) groups excluding carboxylic acids is 1. The number of piperazine rings is 1. The van der Waals surface area contributed by atoms with Crippen molar-refractivity contribution in [3.8, 4) is 11.8 Å². The van der Waals surface area contributed by atoms with Gasteiger partial charge in [-0.2, -0.15) is 33.2 Å². The molecule has 2 aromatic heterocycles. The number of fused-ring (bicyclic) bond motifs is 1. The monoisotopic (exact) mass is 538 g/mol. The van der Waals surface area contributed by atoms with Crippen molar-refractivity contribution in [1.82, 2.24) is 24.6 Å². The average Bonchev–Trinajstić information content (AvgIpc) is 2.86. The second kappa shape index (κ2) is 10.0. The van der Waals surface area contributed by atoms with Crippen LogP contribution in [0.4, 0.5) is 24.9 Å². The average molecular weight is 539 g/mol. The maximum absolute atomic E-state index is 13.9. The van der Waals surface area contributed by atoms with Gasteiger partial charge in [-0.1, -0.05) is 18.7 Å². The van der Waals surface area contributed by atoms with Crippen LogP contribution in [0.15, 0.2) is 41.8 Å². The highest BCUT2D eigenvalue weighted by atomic mass is 19.4. The number of aryl methyl sites for hydroxylation is 1. The molecule has 2 saturated heterocycles. The molecule has 0 N–H and O–H groups in total. The highest BCUT2D eigenvalue weighted by Gasteiger charge is 2.37. The van der Waals surface area contributed by atoms with E-state index in [1.54, 1.807) is 4.90 Å². The normalized spacial score (nSPS) is 17.6. The minimum Gasteiger partial charge on any atom is -0.352 e. The van der Waals surface area contributed by atoms with Crippen LogP contribution in [-0.4, -0.2) is 69.3 Å². The molecule has 4 heterocycles. The summed E-state index contributed by atoms with van der Waals surface area (Å²) in [5.41, 5.74) is -2.23. The third-order valence-corrected chi connectivity index (χ3v) is 7.08. The van der Waals surface area contributed by atoms with Crippen LogP contribution in [-0.2, 0) is 11.0 Å². The van der Waals surface area contributed by atoms with Crippen LogP contribution in [0.2, 0.25) is 0 Å². The number of benzene rings is 1. The van der Waals surface area contributed by atoms with Crippen LogP contribution in [0.25, 0.3) is 16.6 Å². The number of halogens is 3. The fourth-order valence-electron chi connectivity index (χ4n) is 5.00. The number of hydrogen-bond acceptors (Lipinski definition) is 8. The van der Waals surface area contributed by atoms with Crippen molar-refractivity contribution >= 4 is 28.6 Å². The molecule has 1 amide bonds. The molecule has 0 radical (unpaired) electrons. The predicted octanol–water partition coefficient (Wildman–Crippen LogP) is 2.83. The first-order valence-electron chi connectivity index (χ1n) is 12.4. The van der Waals surface area contributed by atoms with Gasteiger partial charge in [0.2, 0.25) is 11.9 Å². The Kier molecular flexibility index (Phi) is 6.71. The van der Waals surface area contributed by atoms with E-state index in [2.05, 4.69) is 22.7 Å². The lowest BCUT2D eigenvalue weighted by Crippen LogP contribution is -2.55. The molecule has 0 saturated carbocycles. The fourth-order valence-corrected chi connectivity index (χ4v) is 5.00. The zero-order valence-corrected chi connectivity index (χ0v) is 21.1. The Morgan fingerprint density at radius 2 is 1.97 bits per heavy atom. The largest absolute Gasteiger partial charge is 0.418 e. The molecule has 39 heavy (non-hydrogen) atoms. The number of nitrogens with zero attached hydrogens (tertiary/aromatic N) is 8. The van der Waals surface area contributed by atoms with Crippen LogP contribution in [0.5, 0.6) is 0 Å². The second-order valence-corrected chi connectivity index (χ2v) is 9.48. The molecular formula is C26H25F3N8O2. The molecule has 2 aliphatic heterocycles. The van der Waals surface area contributed by atoms with Gasteiger partial charge in [0.15, 0.2) is 0 Å². The third kappa shape index (κ3) is 4.67. The van der Waals surface area contributed by atoms with Crippen LogP contribution in [0, 0.1) is 18.3 Å². The molecule has 0 unspecified atom stereocenters. The predicted molar refractivity (Wildman–Crippen MR) is 138 cm³/mol. The SMILES string of the molecule is C=CC(=O)N1CCN(c2nc(N3CCC3)nc3c(=O)n(-c4cccc(C)c4C(F)(F)F)ncc23)C[C@@H]1CC#N. The van der Waals surface area contributed by atoms with E-state index in [0.29, 0.717) is 37.9 Å². The lowest BCUT2D eigenvalue weighted by molar-refractivity contribution is -0.138. The standard InChI is InChI=1S/C26H25F3N8O2/c1-3-20(38)36-13-12-35(15-17(36)8-9-30)23-18-14-31-37(19-7-4-6-16(2)21(19)26(27,28)29)24(39)22(18)32-25(33-23)34-10-5-11-34/h3-4,6-7,14,17H,1,5,8,10-13,15H2,2H3/t17-/m0/s1. The number of anilines is 2. The molecule has 0 bridgehead atoms. The zero-order chi connectivity index (χ0) is 27.9. The lowest BCUT2D eigenvalue weighted by atomic mass is 10.1. The van der Waals surface area contributed by atoms with Gasteiger partial charge in [-0.15, -0.1) is 0 Å². The quantitative estimate of drug-likeness (QED) is 0.456. The van der Waals surface area contributed by atoms with Crippen molar-refractivity contribution in [2.45, 2.75) is 32.0 Å². The molecule has 0 spiro atoms. The number of aromatic nitrogens is 4. The van der Waals surface area contributed by atoms with E-state index in [0.717, 1.165) is 11.1 Å². The Bertz CT molecular complexity index is 1560. The molecule has 3 aromatic rings. The molecule has 13 heteroatoms. The summed E-state index contributed by atoms with van der Waals surface area (Å²) in [6.07, 6.45) is -1.20. The summed E-state index contributed by atoms with van der Waals surface area (Å²) in [7, 11) is 0. The van der Waals surface area contributed by atoms with E-state index < -0.39 is 23.3 Å². The number of amides is 1. The van der Waals surface area contributed by atoms with Gasteiger partial charge in [0.05, 0.1) is 41.4 Å². The Morgan fingerprint density at radius 3 is 2.62 bits per heavy atom. The Labute approximate surface area is 221 Å². The number of nitriles is 1. The summed E-state index contributed by atoms with van der Waals surface area (Å²) in [5, 5.41) is 13.8. The van der Waals surface area contributed by atoms with E-state index >= 15 is 0 Å². The van der Waals surface area contributed by atoms with Gasteiger partial charge in [-0.05, 0) is 31.1 Å². The van der Waals surface area contributed by atoms with Gasteiger partial charge >= 0.3 is 6.18 Å². The number of alkyl halides is 3. The van der Waals surface area contributed by atoms with Gasteiger partial charge < -0.3 is 14.7 Å². The molecule has 5 rings (SSSR count). The van der Waals surface area contributed by atoms with Crippen LogP contribution >= 0.6 is 0 Å².